The van der Waals surface area contributed by atoms with E-state index in [2.05, 4.69) is 15.5 Å². The van der Waals surface area contributed by atoms with E-state index < -0.39 is 0 Å². The monoisotopic (exact) mass is 284 g/mol. The van der Waals surface area contributed by atoms with Crippen LogP contribution in [0.25, 0.3) is 0 Å². The molecule has 0 atom stereocenters. The molecule has 1 amide bonds. The van der Waals surface area contributed by atoms with Crippen molar-refractivity contribution in [2.24, 2.45) is 0 Å². The van der Waals surface area contributed by atoms with Gasteiger partial charge in [0.15, 0.2) is 5.69 Å². The van der Waals surface area contributed by atoms with E-state index in [0.29, 0.717) is 18.8 Å². The van der Waals surface area contributed by atoms with Gasteiger partial charge in [-0.25, -0.2) is 0 Å². The summed E-state index contributed by atoms with van der Waals surface area (Å²) in [4.78, 5) is 14.6. The summed E-state index contributed by atoms with van der Waals surface area (Å²) in [5, 5.41) is 10.6. The maximum atomic E-state index is 12.7. The fourth-order valence-corrected chi connectivity index (χ4v) is 2.68. The molecule has 0 spiro atoms. The summed E-state index contributed by atoms with van der Waals surface area (Å²) in [6.07, 6.45) is 0.903. The number of fused-ring (bicyclic) bond motifs is 1. The molecule has 1 aliphatic rings. The first-order valence-electron chi connectivity index (χ1n) is 7.39. The fourth-order valence-electron chi connectivity index (χ4n) is 2.68. The molecule has 1 aromatic heterocycles. The third-order valence-corrected chi connectivity index (χ3v) is 3.89. The maximum Gasteiger partial charge on any atom is 0.274 e. The second kappa shape index (κ2) is 6.10. The molecule has 0 fully saturated rings. The molecule has 5 nitrogen and oxygen atoms in total. The average Bonchev–Trinajstić information content (AvgIpc) is 2.97. The van der Waals surface area contributed by atoms with Gasteiger partial charge in [0.2, 0.25) is 0 Å². The Labute approximate surface area is 124 Å². The first-order chi connectivity index (χ1) is 10.3. The van der Waals surface area contributed by atoms with Crippen molar-refractivity contribution in [3.05, 3.63) is 52.8 Å². The molecule has 2 heterocycles. The van der Waals surface area contributed by atoms with Crippen molar-refractivity contribution in [3.8, 4) is 0 Å². The quantitative estimate of drug-likeness (QED) is 0.898. The Morgan fingerprint density at radius 3 is 2.90 bits per heavy atom. The summed E-state index contributed by atoms with van der Waals surface area (Å²) in [5.41, 5.74) is 3.82. The normalized spacial score (nSPS) is 13.8. The molecule has 3 rings (SSSR count). The third-order valence-electron chi connectivity index (χ3n) is 3.89. The van der Waals surface area contributed by atoms with Gasteiger partial charge in [0.25, 0.3) is 5.91 Å². The topological polar surface area (TPSA) is 61.0 Å². The molecule has 5 heteroatoms. The van der Waals surface area contributed by atoms with E-state index >= 15 is 0 Å². The zero-order chi connectivity index (χ0) is 14.7. The Morgan fingerprint density at radius 2 is 2.14 bits per heavy atom. The standard InChI is InChI=1S/C16H20N4O/c1-2-20(11-12-6-4-3-5-7-12)16(21)15-13-10-17-9-8-14(13)18-19-15/h3-7,17H,2,8-11H2,1H3,(H,18,19). The molecule has 0 bridgehead atoms. The van der Waals surface area contributed by atoms with Gasteiger partial charge in [-0.3, -0.25) is 9.89 Å². The van der Waals surface area contributed by atoms with Crippen molar-refractivity contribution in [2.75, 3.05) is 13.1 Å². The minimum atomic E-state index is 0.00236. The molecule has 0 unspecified atom stereocenters. The summed E-state index contributed by atoms with van der Waals surface area (Å²) in [7, 11) is 0. The molecular formula is C16H20N4O. The lowest BCUT2D eigenvalue weighted by Gasteiger charge is -2.21. The molecule has 110 valence electrons. The minimum absolute atomic E-state index is 0.00236. The number of amides is 1. The second-order valence-electron chi connectivity index (χ2n) is 5.26. The molecular weight excluding hydrogens is 264 g/mol. The van der Waals surface area contributed by atoms with Crippen LogP contribution in [-0.2, 0) is 19.5 Å². The summed E-state index contributed by atoms with van der Waals surface area (Å²) in [5.74, 6) is 0.00236. The number of aromatic nitrogens is 2. The first kappa shape index (κ1) is 13.8. The number of carbonyl (C=O) groups is 1. The van der Waals surface area contributed by atoms with Crippen LogP contribution in [-0.4, -0.2) is 34.1 Å². The van der Waals surface area contributed by atoms with Crippen molar-refractivity contribution in [2.45, 2.75) is 26.4 Å². The summed E-state index contributed by atoms with van der Waals surface area (Å²) in [6, 6.07) is 10.0. The number of nitrogens with one attached hydrogen (secondary N) is 2. The highest BCUT2D eigenvalue weighted by molar-refractivity contribution is 5.94. The minimum Gasteiger partial charge on any atom is -0.333 e. The zero-order valence-corrected chi connectivity index (χ0v) is 12.2. The number of nitrogens with zero attached hydrogens (tertiary/aromatic N) is 2. The summed E-state index contributed by atoms with van der Waals surface area (Å²) in [6.45, 7) is 4.94. The van der Waals surface area contributed by atoms with Crippen LogP contribution in [0, 0.1) is 0 Å². The summed E-state index contributed by atoms with van der Waals surface area (Å²) < 4.78 is 0. The number of rotatable bonds is 4. The van der Waals surface area contributed by atoms with Gasteiger partial charge in [-0.1, -0.05) is 30.3 Å². The van der Waals surface area contributed by atoms with Crippen LogP contribution in [0.4, 0.5) is 0 Å². The van der Waals surface area contributed by atoms with Gasteiger partial charge in [0.1, 0.15) is 0 Å². The molecule has 1 aliphatic heterocycles. The Kier molecular flexibility index (Phi) is 4.01. The number of aromatic amines is 1. The predicted molar refractivity (Wildman–Crippen MR) is 80.9 cm³/mol. The van der Waals surface area contributed by atoms with Gasteiger partial charge in [0.05, 0.1) is 0 Å². The van der Waals surface area contributed by atoms with Crippen molar-refractivity contribution in [1.29, 1.82) is 0 Å². The smallest absolute Gasteiger partial charge is 0.274 e. The van der Waals surface area contributed by atoms with Crippen LogP contribution < -0.4 is 5.32 Å². The Hall–Kier alpha value is -2.14. The highest BCUT2D eigenvalue weighted by Gasteiger charge is 2.24. The van der Waals surface area contributed by atoms with E-state index in [9.17, 15) is 4.79 Å². The Balaban J connectivity index is 1.81. The molecule has 0 saturated carbocycles. The second-order valence-corrected chi connectivity index (χ2v) is 5.26. The van der Waals surface area contributed by atoms with Gasteiger partial charge in [-0.2, -0.15) is 5.10 Å². The molecule has 2 N–H and O–H groups in total. The van der Waals surface area contributed by atoms with E-state index in [1.807, 2.05) is 42.2 Å². The van der Waals surface area contributed by atoms with Crippen LogP contribution in [0.1, 0.15) is 34.2 Å². The van der Waals surface area contributed by atoms with Crippen LogP contribution in [0.3, 0.4) is 0 Å². The number of hydrogen-bond acceptors (Lipinski definition) is 3. The van der Waals surface area contributed by atoms with E-state index in [4.69, 9.17) is 0 Å². The molecule has 0 aliphatic carbocycles. The largest absolute Gasteiger partial charge is 0.333 e. The summed E-state index contributed by atoms with van der Waals surface area (Å²) >= 11 is 0. The lowest BCUT2D eigenvalue weighted by atomic mass is 10.1. The van der Waals surface area contributed by atoms with Gasteiger partial charge >= 0.3 is 0 Å². The Morgan fingerprint density at radius 1 is 1.33 bits per heavy atom. The van der Waals surface area contributed by atoms with E-state index in [1.165, 1.54) is 0 Å². The molecule has 0 saturated heterocycles. The first-order valence-corrected chi connectivity index (χ1v) is 7.39. The molecule has 2 aromatic rings. The van der Waals surface area contributed by atoms with E-state index in [-0.39, 0.29) is 5.91 Å². The van der Waals surface area contributed by atoms with Crippen LogP contribution in [0.5, 0.6) is 0 Å². The lowest BCUT2D eigenvalue weighted by Crippen LogP contribution is -2.32. The highest BCUT2D eigenvalue weighted by Crippen LogP contribution is 2.18. The van der Waals surface area contributed by atoms with Crippen LogP contribution in [0.15, 0.2) is 30.3 Å². The number of benzene rings is 1. The van der Waals surface area contributed by atoms with Gasteiger partial charge in [-0.05, 0) is 12.5 Å². The van der Waals surface area contributed by atoms with Crippen LogP contribution >= 0.6 is 0 Å². The van der Waals surface area contributed by atoms with E-state index in [1.54, 1.807) is 0 Å². The molecule has 21 heavy (non-hydrogen) atoms. The van der Waals surface area contributed by atoms with Crippen molar-refractivity contribution in [1.82, 2.24) is 20.4 Å². The lowest BCUT2D eigenvalue weighted by molar-refractivity contribution is 0.0745. The van der Waals surface area contributed by atoms with Crippen molar-refractivity contribution < 1.29 is 4.79 Å². The predicted octanol–water partition coefficient (Wildman–Crippen LogP) is 1.72. The average molecular weight is 284 g/mol. The molecule has 1 aromatic carbocycles. The fraction of sp³-hybridized carbons (Fsp3) is 0.375. The number of H-pyrrole nitrogens is 1. The number of hydrogen-bond donors (Lipinski definition) is 2. The Bertz CT molecular complexity index is 620. The van der Waals surface area contributed by atoms with Crippen LogP contribution in [0.2, 0.25) is 0 Å². The van der Waals surface area contributed by atoms with Gasteiger partial charge in [-0.15, -0.1) is 0 Å². The van der Waals surface area contributed by atoms with E-state index in [0.717, 1.165) is 36.3 Å². The highest BCUT2D eigenvalue weighted by atomic mass is 16.2. The molecule has 0 radical (unpaired) electrons. The van der Waals surface area contributed by atoms with Gasteiger partial charge < -0.3 is 10.2 Å². The third kappa shape index (κ3) is 2.83. The van der Waals surface area contributed by atoms with Gasteiger partial charge in [0, 0.05) is 43.9 Å². The van der Waals surface area contributed by atoms with Crippen molar-refractivity contribution in [3.63, 3.8) is 0 Å². The zero-order valence-electron chi connectivity index (χ0n) is 12.2. The number of carbonyl (C=O) groups excluding carboxylic acids is 1. The maximum absolute atomic E-state index is 12.7. The SMILES string of the molecule is CCN(Cc1ccccc1)C(=O)c1n[nH]c2c1CNCC2. The van der Waals surface area contributed by atoms with Crippen molar-refractivity contribution >= 4 is 5.91 Å².